The molecule has 0 aliphatic carbocycles. The van der Waals surface area contributed by atoms with Crippen molar-refractivity contribution in [2.45, 2.75) is 19.4 Å². The van der Waals surface area contributed by atoms with Crippen LogP contribution in [0.5, 0.6) is 0 Å². The third-order valence-electron chi connectivity index (χ3n) is 2.62. The average molecular weight is 267 g/mol. The van der Waals surface area contributed by atoms with Gasteiger partial charge in [-0.1, -0.05) is 18.3 Å². The fraction of sp³-hybridized carbons (Fsp3) is 0.364. The number of hydrogen-bond donors (Lipinski definition) is 2. The Morgan fingerprint density at radius 2 is 2.39 bits per heavy atom. The number of fused-ring (bicyclic) bond motifs is 1. The van der Waals surface area contributed by atoms with Gasteiger partial charge in [-0.3, -0.25) is 10.1 Å². The van der Waals surface area contributed by atoms with Crippen molar-refractivity contribution in [3.63, 3.8) is 0 Å². The fourth-order valence-electron chi connectivity index (χ4n) is 1.54. The molecule has 0 aliphatic heterocycles. The summed E-state index contributed by atoms with van der Waals surface area (Å²) in [6.45, 7) is 2.00. The molecule has 2 rings (SSSR count). The summed E-state index contributed by atoms with van der Waals surface area (Å²) >= 11 is 1.35. The number of nitro groups is 1. The first-order chi connectivity index (χ1) is 8.63. The fourth-order valence-corrected chi connectivity index (χ4v) is 2.52. The lowest BCUT2D eigenvalue weighted by Gasteiger charge is -2.11. The highest BCUT2D eigenvalue weighted by Crippen LogP contribution is 2.29. The number of nitrogens with one attached hydrogen (secondary N) is 1. The quantitative estimate of drug-likeness (QED) is 0.641. The molecular weight excluding hydrogens is 254 g/mol. The van der Waals surface area contributed by atoms with Crippen molar-refractivity contribution < 1.29 is 10.0 Å². The number of aliphatic hydroxyl groups is 1. The van der Waals surface area contributed by atoms with Gasteiger partial charge in [0.1, 0.15) is 0 Å². The predicted octanol–water partition coefficient (Wildman–Crippen LogP) is 2.39. The maximum atomic E-state index is 10.7. The number of benzene rings is 1. The molecule has 2 N–H and O–H groups in total. The van der Waals surface area contributed by atoms with E-state index in [9.17, 15) is 10.1 Å². The maximum Gasteiger partial charge on any atom is 0.270 e. The Balaban J connectivity index is 2.29. The molecule has 0 saturated heterocycles. The lowest BCUT2D eigenvalue weighted by atomic mass is 10.2. The molecule has 0 amide bonds. The number of thiazole rings is 1. The zero-order chi connectivity index (χ0) is 13.1. The Kier molecular flexibility index (Phi) is 3.73. The van der Waals surface area contributed by atoms with Gasteiger partial charge >= 0.3 is 0 Å². The van der Waals surface area contributed by atoms with Crippen molar-refractivity contribution in [2.24, 2.45) is 0 Å². The number of non-ortho nitro benzene ring substituents is 1. The smallest absolute Gasteiger partial charge is 0.270 e. The van der Waals surface area contributed by atoms with Crippen LogP contribution in [0.4, 0.5) is 10.8 Å². The lowest BCUT2D eigenvalue weighted by molar-refractivity contribution is -0.384. The van der Waals surface area contributed by atoms with E-state index in [1.165, 1.54) is 23.5 Å². The number of nitrogens with zero attached hydrogens (tertiary/aromatic N) is 2. The van der Waals surface area contributed by atoms with Crippen molar-refractivity contribution in [2.75, 3.05) is 11.9 Å². The molecule has 1 heterocycles. The number of hydrogen-bond acceptors (Lipinski definition) is 6. The molecule has 0 fully saturated rings. The molecule has 0 saturated carbocycles. The van der Waals surface area contributed by atoms with Gasteiger partial charge in [-0.2, -0.15) is 0 Å². The van der Waals surface area contributed by atoms with Crippen LogP contribution in [0.15, 0.2) is 18.2 Å². The first-order valence-corrected chi connectivity index (χ1v) is 6.38. The molecule has 7 heteroatoms. The Morgan fingerprint density at radius 1 is 1.61 bits per heavy atom. The summed E-state index contributed by atoms with van der Waals surface area (Å²) in [5, 5.41) is 23.5. The second kappa shape index (κ2) is 5.28. The van der Waals surface area contributed by atoms with E-state index in [1.54, 1.807) is 6.07 Å². The molecule has 0 bridgehead atoms. The summed E-state index contributed by atoms with van der Waals surface area (Å²) in [4.78, 5) is 14.6. The first kappa shape index (κ1) is 12.7. The topological polar surface area (TPSA) is 88.3 Å². The number of nitro benzene ring substituents is 1. The van der Waals surface area contributed by atoms with Crippen LogP contribution in [0, 0.1) is 10.1 Å². The van der Waals surface area contributed by atoms with E-state index in [-0.39, 0.29) is 18.3 Å². The second-order valence-electron chi connectivity index (χ2n) is 3.86. The lowest BCUT2D eigenvalue weighted by Crippen LogP contribution is -2.22. The molecular formula is C11H13N3O3S. The van der Waals surface area contributed by atoms with Gasteiger partial charge in [0.15, 0.2) is 5.13 Å². The summed E-state index contributed by atoms with van der Waals surface area (Å²) in [6.07, 6.45) is 0.784. The van der Waals surface area contributed by atoms with Crippen LogP contribution < -0.4 is 5.32 Å². The maximum absolute atomic E-state index is 10.7. The standard InChI is InChI=1S/C11H13N3O3S/c1-2-7(6-15)12-11-13-9-4-3-8(14(16)17)5-10(9)18-11/h3-5,7,15H,2,6H2,1H3,(H,12,13)/t7-/m1/s1. The molecule has 1 aromatic heterocycles. The summed E-state index contributed by atoms with van der Waals surface area (Å²) < 4.78 is 0.763. The zero-order valence-electron chi connectivity index (χ0n) is 9.79. The summed E-state index contributed by atoms with van der Waals surface area (Å²) in [5.74, 6) is 0. The van der Waals surface area contributed by atoms with Crippen LogP contribution in [0.1, 0.15) is 13.3 Å². The van der Waals surface area contributed by atoms with Crippen LogP contribution in [-0.4, -0.2) is 27.7 Å². The largest absolute Gasteiger partial charge is 0.394 e. The highest BCUT2D eigenvalue weighted by atomic mass is 32.1. The number of aromatic nitrogens is 1. The van der Waals surface area contributed by atoms with E-state index in [0.717, 1.165) is 16.6 Å². The van der Waals surface area contributed by atoms with Gasteiger partial charge in [-0.15, -0.1) is 0 Å². The SMILES string of the molecule is CC[C@H](CO)Nc1nc2ccc([N+](=O)[O-])cc2s1. The third-order valence-corrected chi connectivity index (χ3v) is 3.57. The van der Waals surface area contributed by atoms with Gasteiger partial charge in [0.25, 0.3) is 5.69 Å². The summed E-state index contributed by atoms with van der Waals surface area (Å²) in [6, 6.07) is 4.54. The molecule has 18 heavy (non-hydrogen) atoms. The third kappa shape index (κ3) is 2.57. The molecule has 6 nitrogen and oxygen atoms in total. The second-order valence-corrected chi connectivity index (χ2v) is 4.89. The van der Waals surface area contributed by atoms with Gasteiger partial charge in [0.05, 0.1) is 27.8 Å². The molecule has 1 aromatic carbocycles. The van der Waals surface area contributed by atoms with Crippen molar-refractivity contribution in [3.8, 4) is 0 Å². The Morgan fingerprint density at radius 3 is 3.00 bits per heavy atom. The molecule has 96 valence electrons. The van der Waals surface area contributed by atoms with Gasteiger partial charge in [-0.25, -0.2) is 4.98 Å². The van der Waals surface area contributed by atoms with E-state index >= 15 is 0 Å². The number of anilines is 1. The summed E-state index contributed by atoms with van der Waals surface area (Å²) in [5.41, 5.74) is 0.785. The van der Waals surface area contributed by atoms with Crippen molar-refractivity contribution in [3.05, 3.63) is 28.3 Å². The van der Waals surface area contributed by atoms with Crippen molar-refractivity contribution in [1.82, 2.24) is 4.98 Å². The van der Waals surface area contributed by atoms with E-state index in [2.05, 4.69) is 10.3 Å². The Labute approximate surface area is 107 Å². The normalized spacial score (nSPS) is 12.6. The van der Waals surface area contributed by atoms with Crippen molar-refractivity contribution >= 4 is 32.4 Å². The van der Waals surface area contributed by atoms with E-state index in [4.69, 9.17) is 5.11 Å². The van der Waals surface area contributed by atoms with Gasteiger partial charge < -0.3 is 10.4 Å². The number of rotatable bonds is 5. The van der Waals surface area contributed by atoms with Gasteiger partial charge in [-0.05, 0) is 12.5 Å². The number of aliphatic hydroxyl groups excluding tert-OH is 1. The first-order valence-electron chi connectivity index (χ1n) is 5.56. The van der Waals surface area contributed by atoms with Crippen LogP contribution in [0.3, 0.4) is 0 Å². The highest BCUT2D eigenvalue weighted by molar-refractivity contribution is 7.22. The minimum atomic E-state index is -0.422. The van der Waals surface area contributed by atoms with Crippen LogP contribution in [0.25, 0.3) is 10.2 Å². The molecule has 2 aromatic rings. The molecule has 1 atom stereocenters. The van der Waals surface area contributed by atoms with Crippen LogP contribution in [0.2, 0.25) is 0 Å². The zero-order valence-corrected chi connectivity index (χ0v) is 10.6. The van der Waals surface area contributed by atoms with E-state index < -0.39 is 4.92 Å². The molecule has 0 spiro atoms. The minimum absolute atomic E-state index is 0.0343. The molecule has 0 aliphatic rings. The molecule has 0 radical (unpaired) electrons. The highest BCUT2D eigenvalue weighted by Gasteiger charge is 2.12. The van der Waals surface area contributed by atoms with Gasteiger partial charge in [0.2, 0.25) is 0 Å². The minimum Gasteiger partial charge on any atom is -0.394 e. The Hall–Kier alpha value is -1.73. The van der Waals surface area contributed by atoms with Gasteiger partial charge in [0, 0.05) is 12.1 Å². The Bertz CT molecular complexity index is 566. The molecule has 0 unspecified atom stereocenters. The van der Waals surface area contributed by atoms with Crippen LogP contribution in [-0.2, 0) is 0 Å². The average Bonchev–Trinajstić information content (AvgIpc) is 2.76. The van der Waals surface area contributed by atoms with Crippen LogP contribution >= 0.6 is 11.3 Å². The van der Waals surface area contributed by atoms with E-state index in [1.807, 2.05) is 6.92 Å². The van der Waals surface area contributed by atoms with Crippen molar-refractivity contribution in [1.29, 1.82) is 0 Å². The summed E-state index contributed by atoms with van der Waals surface area (Å²) in [7, 11) is 0. The van der Waals surface area contributed by atoms with E-state index in [0.29, 0.717) is 5.13 Å². The monoisotopic (exact) mass is 267 g/mol. The predicted molar refractivity (Wildman–Crippen MR) is 71.1 cm³/mol.